The molecule has 1 unspecified atom stereocenters. The second-order valence-corrected chi connectivity index (χ2v) is 5.31. The lowest BCUT2D eigenvalue weighted by Crippen LogP contribution is -2.12. The molecule has 18 heavy (non-hydrogen) atoms. The van der Waals surface area contributed by atoms with E-state index < -0.39 is 0 Å². The van der Waals surface area contributed by atoms with Crippen LogP contribution in [0.5, 0.6) is 5.75 Å². The van der Waals surface area contributed by atoms with Gasteiger partial charge in [-0.1, -0.05) is 17.7 Å². The van der Waals surface area contributed by atoms with E-state index in [4.69, 9.17) is 16.3 Å². The Kier molecular flexibility index (Phi) is 4.64. The van der Waals surface area contributed by atoms with Crippen molar-refractivity contribution in [2.45, 2.75) is 19.6 Å². The molecule has 0 saturated carbocycles. The highest BCUT2D eigenvalue weighted by Crippen LogP contribution is 2.28. The van der Waals surface area contributed by atoms with Crippen molar-refractivity contribution in [3.8, 4) is 5.75 Å². The largest absolute Gasteiger partial charge is 0.487 e. The third kappa shape index (κ3) is 3.25. The van der Waals surface area contributed by atoms with Gasteiger partial charge in [-0.2, -0.15) is 11.3 Å². The monoisotopic (exact) mass is 281 g/mol. The fourth-order valence-corrected chi connectivity index (χ4v) is 2.50. The van der Waals surface area contributed by atoms with Gasteiger partial charge in [0.1, 0.15) is 12.4 Å². The molecule has 96 valence electrons. The molecule has 0 aliphatic carbocycles. The summed E-state index contributed by atoms with van der Waals surface area (Å²) in [7, 11) is 1.93. The van der Waals surface area contributed by atoms with E-state index in [-0.39, 0.29) is 6.04 Å². The summed E-state index contributed by atoms with van der Waals surface area (Å²) in [6, 6.07) is 8.25. The second kappa shape index (κ2) is 6.23. The van der Waals surface area contributed by atoms with Crippen LogP contribution in [0, 0.1) is 0 Å². The first-order valence-corrected chi connectivity index (χ1v) is 7.13. The Hall–Kier alpha value is -1.03. The Labute approximate surface area is 117 Å². The van der Waals surface area contributed by atoms with Crippen molar-refractivity contribution in [1.29, 1.82) is 0 Å². The van der Waals surface area contributed by atoms with Gasteiger partial charge in [0.2, 0.25) is 0 Å². The predicted octanol–water partition coefficient (Wildman–Crippen LogP) is 4.26. The highest BCUT2D eigenvalue weighted by atomic mass is 35.5. The number of hydrogen-bond donors (Lipinski definition) is 1. The highest BCUT2D eigenvalue weighted by Gasteiger charge is 2.07. The maximum absolute atomic E-state index is 6.22. The minimum absolute atomic E-state index is 0.286. The zero-order valence-corrected chi connectivity index (χ0v) is 12.0. The molecule has 0 aliphatic heterocycles. The van der Waals surface area contributed by atoms with Crippen LogP contribution in [0.2, 0.25) is 5.02 Å². The van der Waals surface area contributed by atoms with E-state index in [9.17, 15) is 0 Å². The Morgan fingerprint density at radius 3 is 2.83 bits per heavy atom. The van der Waals surface area contributed by atoms with Crippen molar-refractivity contribution < 1.29 is 4.74 Å². The van der Waals surface area contributed by atoms with E-state index in [0.29, 0.717) is 11.6 Å². The van der Waals surface area contributed by atoms with E-state index in [1.807, 2.05) is 30.6 Å². The predicted molar refractivity (Wildman–Crippen MR) is 77.6 cm³/mol. The van der Waals surface area contributed by atoms with Crippen LogP contribution in [0.25, 0.3) is 0 Å². The zero-order chi connectivity index (χ0) is 13.0. The lowest BCUT2D eigenvalue weighted by Gasteiger charge is -2.13. The maximum Gasteiger partial charge on any atom is 0.138 e. The molecule has 1 aromatic heterocycles. The van der Waals surface area contributed by atoms with E-state index >= 15 is 0 Å². The molecule has 1 heterocycles. The van der Waals surface area contributed by atoms with Crippen LogP contribution in [-0.2, 0) is 6.61 Å². The second-order valence-electron chi connectivity index (χ2n) is 4.12. The van der Waals surface area contributed by atoms with Crippen molar-refractivity contribution in [3.05, 3.63) is 51.2 Å². The summed E-state index contributed by atoms with van der Waals surface area (Å²) in [5.74, 6) is 0.731. The molecule has 4 heteroatoms. The minimum Gasteiger partial charge on any atom is -0.487 e. The van der Waals surface area contributed by atoms with Gasteiger partial charge in [-0.05, 0) is 54.1 Å². The molecule has 0 radical (unpaired) electrons. The number of halogens is 1. The van der Waals surface area contributed by atoms with Gasteiger partial charge in [-0.15, -0.1) is 0 Å². The van der Waals surface area contributed by atoms with Crippen LogP contribution in [0.4, 0.5) is 0 Å². The zero-order valence-electron chi connectivity index (χ0n) is 10.4. The van der Waals surface area contributed by atoms with Crippen LogP contribution in [0.15, 0.2) is 35.0 Å². The summed E-state index contributed by atoms with van der Waals surface area (Å²) in [6.45, 7) is 2.65. The third-order valence-corrected chi connectivity index (χ3v) is 3.89. The molecule has 2 aromatic rings. The SMILES string of the molecule is CNC(C)c1ccc(OCc2ccsc2)c(Cl)c1. The van der Waals surface area contributed by atoms with Crippen LogP contribution >= 0.6 is 22.9 Å². The molecular weight excluding hydrogens is 266 g/mol. The number of rotatable bonds is 5. The molecule has 0 spiro atoms. The van der Waals surface area contributed by atoms with Crippen LogP contribution < -0.4 is 10.1 Å². The summed E-state index contributed by atoms with van der Waals surface area (Å²) in [4.78, 5) is 0. The summed E-state index contributed by atoms with van der Waals surface area (Å²) in [5, 5.41) is 7.96. The normalized spacial score (nSPS) is 12.4. The number of benzene rings is 1. The molecule has 2 nitrogen and oxygen atoms in total. The van der Waals surface area contributed by atoms with Crippen LogP contribution in [0.1, 0.15) is 24.1 Å². The van der Waals surface area contributed by atoms with Crippen molar-refractivity contribution in [3.63, 3.8) is 0 Å². The average molecular weight is 282 g/mol. The molecule has 0 amide bonds. The first-order valence-electron chi connectivity index (χ1n) is 5.81. The Balaban J connectivity index is 2.05. The summed E-state index contributed by atoms with van der Waals surface area (Å²) in [6.07, 6.45) is 0. The highest BCUT2D eigenvalue weighted by molar-refractivity contribution is 7.07. The molecule has 0 aliphatic rings. The van der Waals surface area contributed by atoms with Crippen molar-refractivity contribution >= 4 is 22.9 Å². The smallest absolute Gasteiger partial charge is 0.138 e. The number of hydrogen-bond acceptors (Lipinski definition) is 3. The van der Waals surface area contributed by atoms with E-state index in [1.54, 1.807) is 11.3 Å². The molecule has 1 atom stereocenters. The molecule has 0 saturated heterocycles. The van der Waals surface area contributed by atoms with E-state index in [0.717, 1.165) is 11.3 Å². The van der Waals surface area contributed by atoms with E-state index in [2.05, 4.69) is 23.7 Å². The first-order chi connectivity index (χ1) is 8.70. The molecule has 0 bridgehead atoms. The lowest BCUT2D eigenvalue weighted by atomic mass is 10.1. The standard InChI is InChI=1S/C14H16ClNOS/c1-10(16-2)12-3-4-14(13(15)7-12)17-8-11-5-6-18-9-11/h3-7,9-10,16H,8H2,1-2H3. The molecule has 2 rings (SSSR count). The molecule has 1 N–H and O–H groups in total. The Morgan fingerprint density at radius 1 is 1.39 bits per heavy atom. The molecule has 1 aromatic carbocycles. The topological polar surface area (TPSA) is 21.3 Å². The van der Waals surface area contributed by atoms with Crippen molar-refractivity contribution in [2.75, 3.05) is 7.05 Å². The summed E-state index contributed by atoms with van der Waals surface area (Å²) >= 11 is 7.89. The van der Waals surface area contributed by atoms with Gasteiger partial charge < -0.3 is 10.1 Å². The van der Waals surface area contributed by atoms with E-state index in [1.165, 1.54) is 5.56 Å². The van der Waals surface area contributed by atoms with Gasteiger partial charge in [0, 0.05) is 6.04 Å². The van der Waals surface area contributed by atoms with Crippen molar-refractivity contribution in [1.82, 2.24) is 5.32 Å². The first kappa shape index (κ1) is 13.4. The summed E-state index contributed by atoms with van der Waals surface area (Å²) < 4.78 is 5.70. The fourth-order valence-electron chi connectivity index (χ4n) is 1.61. The minimum atomic E-state index is 0.286. The number of ether oxygens (including phenoxy) is 1. The van der Waals surface area contributed by atoms with Gasteiger partial charge in [-0.25, -0.2) is 0 Å². The quantitative estimate of drug-likeness (QED) is 0.884. The molecular formula is C14H16ClNOS. The van der Waals surface area contributed by atoms with Gasteiger partial charge in [0.25, 0.3) is 0 Å². The van der Waals surface area contributed by atoms with Gasteiger partial charge >= 0.3 is 0 Å². The van der Waals surface area contributed by atoms with Crippen LogP contribution in [0.3, 0.4) is 0 Å². The fraction of sp³-hybridized carbons (Fsp3) is 0.286. The average Bonchev–Trinajstić information content (AvgIpc) is 2.89. The maximum atomic E-state index is 6.22. The van der Waals surface area contributed by atoms with Gasteiger partial charge in [-0.3, -0.25) is 0 Å². The lowest BCUT2D eigenvalue weighted by molar-refractivity contribution is 0.307. The third-order valence-electron chi connectivity index (χ3n) is 2.86. The Bertz CT molecular complexity index is 499. The van der Waals surface area contributed by atoms with Gasteiger partial charge in [0.15, 0.2) is 0 Å². The molecule has 0 fully saturated rings. The summed E-state index contributed by atoms with van der Waals surface area (Å²) in [5.41, 5.74) is 2.33. The van der Waals surface area contributed by atoms with Crippen molar-refractivity contribution in [2.24, 2.45) is 0 Å². The number of nitrogens with one attached hydrogen (secondary N) is 1. The number of thiophene rings is 1. The Morgan fingerprint density at radius 2 is 2.22 bits per heavy atom. The van der Waals surface area contributed by atoms with Crippen LogP contribution in [-0.4, -0.2) is 7.05 Å². The van der Waals surface area contributed by atoms with Gasteiger partial charge in [0.05, 0.1) is 5.02 Å².